The molecule has 4 nitrogen and oxygen atoms in total. The van der Waals surface area contributed by atoms with Crippen molar-refractivity contribution in [1.82, 2.24) is 5.43 Å². The lowest BCUT2D eigenvalue weighted by atomic mass is 9.89. The maximum Gasteiger partial charge on any atom is 0.133 e. The van der Waals surface area contributed by atoms with Crippen LogP contribution in [0.1, 0.15) is 25.8 Å². The van der Waals surface area contributed by atoms with Gasteiger partial charge in [-0.3, -0.25) is 11.3 Å². The molecule has 0 amide bonds. The van der Waals surface area contributed by atoms with Crippen LogP contribution >= 0.6 is 15.9 Å². The topological polar surface area (TPSA) is 56.5 Å². The second-order valence-corrected chi connectivity index (χ2v) is 5.62. The van der Waals surface area contributed by atoms with E-state index in [1.54, 1.807) is 14.2 Å². The van der Waals surface area contributed by atoms with Crippen molar-refractivity contribution in [2.24, 2.45) is 5.84 Å². The summed E-state index contributed by atoms with van der Waals surface area (Å²) < 4.78 is 11.8. The van der Waals surface area contributed by atoms with Gasteiger partial charge in [0.2, 0.25) is 0 Å². The number of benzene rings is 1. The van der Waals surface area contributed by atoms with Gasteiger partial charge in [0.05, 0.1) is 23.2 Å². The maximum absolute atomic E-state index is 5.69. The second kappa shape index (κ2) is 7.24. The SMILES string of the molecule is CCC(C)(OC)C(Cc1ccc(OC)c(Br)c1)NN. The molecule has 0 aliphatic carbocycles. The quantitative estimate of drug-likeness (QED) is 0.596. The molecular formula is C14H23BrN2O2. The third-order valence-corrected chi connectivity index (χ3v) is 4.38. The molecule has 5 heteroatoms. The standard InChI is InChI=1S/C14H23BrN2O2/c1-5-14(2,19-4)13(17-16)9-10-6-7-12(18-3)11(15)8-10/h6-8,13,17H,5,9,16H2,1-4H3. The Kier molecular flexibility index (Phi) is 6.26. The fourth-order valence-electron chi connectivity index (χ4n) is 2.06. The molecule has 1 aromatic carbocycles. The minimum Gasteiger partial charge on any atom is -0.496 e. The Morgan fingerprint density at radius 2 is 2.11 bits per heavy atom. The lowest BCUT2D eigenvalue weighted by Crippen LogP contribution is -2.53. The van der Waals surface area contributed by atoms with Crippen LogP contribution in [0.5, 0.6) is 5.75 Å². The van der Waals surface area contributed by atoms with Gasteiger partial charge in [-0.05, 0) is 53.4 Å². The van der Waals surface area contributed by atoms with Gasteiger partial charge in [0, 0.05) is 7.11 Å². The molecule has 3 N–H and O–H groups in total. The van der Waals surface area contributed by atoms with Gasteiger partial charge in [-0.2, -0.15) is 0 Å². The number of hydrogen-bond acceptors (Lipinski definition) is 4. The van der Waals surface area contributed by atoms with Gasteiger partial charge in [-0.25, -0.2) is 0 Å². The zero-order valence-electron chi connectivity index (χ0n) is 12.0. The van der Waals surface area contributed by atoms with Crippen LogP contribution in [0, 0.1) is 0 Å². The van der Waals surface area contributed by atoms with E-state index in [2.05, 4.69) is 41.3 Å². The van der Waals surface area contributed by atoms with Crippen molar-refractivity contribution in [3.63, 3.8) is 0 Å². The van der Waals surface area contributed by atoms with Crippen molar-refractivity contribution >= 4 is 15.9 Å². The molecule has 0 spiro atoms. The summed E-state index contributed by atoms with van der Waals surface area (Å²) in [6.45, 7) is 4.16. The Bertz CT molecular complexity index is 408. The molecule has 0 fully saturated rings. The third kappa shape index (κ3) is 3.92. The normalized spacial score (nSPS) is 15.9. The number of rotatable bonds is 7. The molecule has 0 saturated carbocycles. The fraction of sp³-hybridized carbons (Fsp3) is 0.571. The molecule has 0 radical (unpaired) electrons. The zero-order chi connectivity index (χ0) is 14.5. The lowest BCUT2D eigenvalue weighted by molar-refractivity contribution is -0.0288. The number of hydrazine groups is 1. The van der Waals surface area contributed by atoms with Crippen LogP contribution in [0.4, 0.5) is 0 Å². The van der Waals surface area contributed by atoms with Crippen molar-refractivity contribution in [3.05, 3.63) is 28.2 Å². The number of hydrogen-bond donors (Lipinski definition) is 2. The molecule has 0 aliphatic rings. The highest BCUT2D eigenvalue weighted by Crippen LogP contribution is 2.28. The van der Waals surface area contributed by atoms with E-state index >= 15 is 0 Å². The Hall–Kier alpha value is -0.620. The first-order valence-electron chi connectivity index (χ1n) is 6.34. The highest BCUT2D eigenvalue weighted by Gasteiger charge is 2.31. The predicted octanol–water partition coefficient (Wildman–Crippen LogP) is 2.65. The molecule has 0 bridgehead atoms. The Morgan fingerprint density at radius 3 is 2.53 bits per heavy atom. The van der Waals surface area contributed by atoms with Crippen molar-refractivity contribution in [2.45, 2.75) is 38.3 Å². The smallest absolute Gasteiger partial charge is 0.133 e. The van der Waals surface area contributed by atoms with E-state index in [1.165, 1.54) is 5.56 Å². The van der Waals surface area contributed by atoms with E-state index in [9.17, 15) is 0 Å². The number of ether oxygens (including phenoxy) is 2. The number of methoxy groups -OCH3 is 2. The minimum atomic E-state index is -0.291. The van der Waals surface area contributed by atoms with Gasteiger partial charge in [-0.15, -0.1) is 0 Å². The van der Waals surface area contributed by atoms with Gasteiger partial charge >= 0.3 is 0 Å². The van der Waals surface area contributed by atoms with Gasteiger partial charge in [-0.1, -0.05) is 13.0 Å². The van der Waals surface area contributed by atoms with Gasteiger partial charge in [0.15, 0.2) is 0 Å². The lowest BCUT2D eigenvalue weighted by Gasteiger charge is -2.35. The summed E-state index contributed by atoms with van der Waals surface area (Å²) in [5.41, 5.74) is 3.75. The third-order valence-electron chi connectivity index (χ3n) is 3.76. The van der Waals surface area contributed by atoms with E-state index in [4.69, 9.17) is 15.3 Å². The predicted molar refractivity (Wildman–Crippen MR) is 81.2 cm³/mol. The van der Waals surface area contributed by atoms with Gasteiger partial charge in [0.25, 0.3) is 0 Å². The van der Waals surface area contributed by atoms with Crippen LogP contribution in [0.3, 0.4) is 0 Å². The Labute approximate surface area is 123 Å². The first-order chi connectivity index (χ1) is 9.00. The van der Waals surface area contributed by atoms with Crippen LogP contribution in [-0.4, -0.2) is 25.9 Å². The van der Waals surface area contributed by atoms with Crippen LogP contribution in [0.25, 0.3) is 0 Å². The Morgan fingerprint density at radius 1 is 1.42 bits per heavy atom. The van der Waals surface area contributed by atoms with E-state index in [1.807, 2.05) is 12.1 Å². The monoisotopic (exact) mass is 330 g/mol. The molecule has 0 aromatic heterocycles. The summed E-state index contributed by atoms with van der Waals surface area (Å²) in [4.78, 5) is 0. The maximum atomic E-state index is 5.69. The summed E-state index contributed by atoms with van der Waals surface area (Å²) in [7, 11) is 3.38. The highest BCUT2D eigenvalue weighted by atomic mass is 79.9. The number of nitrogens with two attached hydrogens (primary N) is 1. The molecule has 19 heavy (non-hydrogen) atoms. The molecule has 1 rings (SSSR count). The Balaban J connectivity index is 2.90. The summed E-state index contributed by atoms with van der Waals surface area (Å²) in [6, 6.07) is 6.08. The molecular weight excluding hydrogens is 308 g/mol. The first-order valence-corrected chi connectivity index (χ1v) is 7.13. The summed E-state index contributed by atoms with van der Waals surface area (Å²) in [6.07, 6.45) is 1.67. The number of nitrogens with one attached hydrogen (secondary N) is 1. The van der Waals surface area contributed by atoms with Gasteiger partial charge in [0.1, 0.15) is 5.75 Å². The van der Waals surface area contributed by atoms with Crippen molar-refractivity contribution in [1.29, 1.82) is 0 Å². The molecule has 0 heterocycles. The second-order valence-electron chi connectivity index (χ2n) is 4.76. The number of halogens is 1. The van der Waals surface area contributed by atoms with E-state index in [-0.39, 0.29) is 11.6 Å². The summed E-state index contributed by atoms with van der Waals surface area (Å²) >= 11 is 3.50. The fourth-order valence-corrected chi connectivity index (χ4v) is 2.64. The van der Waals surface area contributed by atoms with E-state index in [0.29, 0.717) is 0 Å². The summed E-state index contributed by atoms with van der Waals surface area (Å²) in [5, 5.41) is 0. The molecule has 0 aliphatic heterocycles. The van der Waals surface area contributed by atoms with Crippen molar-refractivity contribution in [2.75, 3.05) is 14.2 Å². The van der Waals surface area contributed by atoms with E-state index < -0.39 is 0 Å². The van der Waals surface area contributed by atoms with E-state index in [0.717, 1.165) is 23.1 Å². The van der Waals surface area contributed by atoms with Gasteiger partial charge < -0.3 is 9.47 Å². The molecule has 108 valence electrons. The van der Waals surface area contributed by atoms with Crippen molar-refractivity contribution < 1.29 is 9.47 Å². The average molecular weight is 331 g/mol. The largest absolute Gasteiger partial charge is 0.496 e. The minimum absolute atomic E-state index is 0.0443. The van der Waals surface area contributed by atoms with Crippen molar-refractivity contribution in [3.8, 4) is 5.75 Å². The average Bonchev–Trinajstić information content (AvgIpc) is 2.44. The first kappa shape index (κ1) is 16.4. The summed E-state index contributed by atoms with van der Waals surface area (Å²) in [5.74, 6) is 6.51. The molecule has 0 saturated heterocycles. The van der Waals surface area contributed by atoms with Crippen LogP contribution in [0.2, 0.25) is 0 Å². The zero-order valence-corrected chi connectivity index (χ0v) is 13.6. The molecule has 2 atom stereocenters. The van der Waals surface area contributed by atoms with Crippen LogP contribution in [-0.2, 0) is 11.2 Å². The highest BCUT2D eigenvalue weighted by molar-refractivity contribution is 9.10. The van der Waals surface area contributed by atoms with Crippen LogP contribution < -0.4 is 16.0 Å². The van der Waals surface area contributed by atoms with Crippen LogP contribution in [0.15, 0.2) is 22.7 Å². The molecule has 2 unspecified atom stereocenters. The molecule has 1 aromatic rings.